The van der Waals surface area contributed by atoms with Crippen molar-refractivity contribution in [2.24, 2.45) is 0 Å². The molecule has 2 aliphatic heterocycles. The van der Waals surface area contributed by atoms with Crippen molar-refractivity contribution in [3.05, 3.63) is 29.8 Å². The highest BCUT2D eigenvalue weighted by molar-refractivity contribution is 7.92. The summed E-state index contributed by atoms with van der Waals surface area (Å²) in [6, 6.07) is 6.48. The molecule has 0 saturated carbocycles. The summed E-state index contributed by atoms with van der Waals surface area (Å²) in [5.41, 5.74) is 1.08. The summed E-state index contributed by atoms with van der Waals surface area (Å²) in [6.45, 7) is 8.32. The van der Waals surface area contributed by atoms with Crippen molar-refractivity contribution in [3.63, 3.8) is 0 Å². The zero-order valence-corrected chi connectivity index (χ0v) is 18.9. The van der Waals surface area contributed by atoms with E-state index in [2.05, 4.69) is 18.7 Å². The first-order valence-electron chi connectivity index (χ1n) is 10.3. The van der Waals surface area contributed by atoms with Crippen LogP contribution in [-0.2, 0) is 24.6 Å². The summed E-state index contributed by atoms with van der Waals surface area (Å²) >= 11 is 0. The first kappa shape index (κ1) is 22.7. The van der Waals surface area contributed by atoms with Gasteiger partial charge in [-0.1, -0.05) is 26.0 Å². The zero-order chi connectivity index (χ0) is 21.1. The van der Waals surface area contributed by atoms with E-state index in [1.165, 1.54) is 4.31 Å². The molecule has 1 atom stereocenters. The molecule has 2 aliphatic rings. The molecule has 0 aliphatic carbocycles. The average Bonchev–Trinajstić information content (AvgIpc) is 3.05. The van der Waals surface area contributed by atoms with Gasteiger partial charge in [0.2, 0.25) is 10.0 Å². The lowest BCUT2D eigenvalue weighted by molar-refractivity contribution is 0.0367. The topological polar surface area (TPSA) is 84.0 Å². The van der Waals surface area contributed by atoms with Crippen LogP contribution in [0.25, 0.3) is 0 Å². The molecule has 0 aromatic heterocycles. The summed E-state index contributed by atoms with van der Waals surface area (Å²) in [6.07, 6.45) is 1.03. The predicted molar refractivity (Wildman–Crippen MR) is 113 cm³/mol. The Hall–Kier alpha value is -1.00. The molecule has 0 amide bonds. The standard InChI is InChI=1S/C20H32N2O5S2/c1-17(2)18-4-6-20(7-5-18)29(25,26)22(19-8-15-28(23,24)16-19)10-3-9-21-11-13-27-14-12-21/h4-7,17,19H,3,8-16H2,1-2H3/t19-/m0/s1. The molecule has 0 radical (unpaired) electrons. The van der Waals surface area contributed by atoms with Crippen molar-refractivity contribution in [1.82, 2.24) is 9.21 Å². The molecule has 7 nitrogen and oxygen atoms in total. The highest BCUT2D eigenvalue weighted by atomic mass is 32.2. The summed E-state index contributed by atoms with van der Waals surface area (Å²) in [5, 5.41) is 0. The number of benzene rings is 1. The van der Waals surface area contributed by atoms with Crippen LogP contribution in [0.2, 0.25) is 0 Å². The van der Waals surface area contributed by atoms with Crippen LogP contribution >= 0.6 is 0 Å². The number of sulfonamides is 1. The van der Waals surface area contributed by atoms with Crippen molar-refractivity contribution in [3.8, 4) is 0 Å². The van der Waals surface area contributed by atoms with Crippen molar-refractivity contribution in [2.45, 2.75) is 43.5 Å². The molecule has 1 aromatic carbocycles. The summed E-state index contributed by atoms with van der Waals surface area (Å²) in [5.74, 6) is 0.282. The lowest BCUT2D eigenvalue weighted by Gasteiger charge is -2.30. The number of hydrogen-bond donors (Lipinski definition) is 0. The highest BCUT2D eigenvalue weighted by Crippen LogP contribution is 2.26. The van der Waals surface area contributed by atoms with Crippen LogP contribution in [0, 0.1) is 0 Å². The van der Waals surface area contributed by atoms with Gasteiger partial charge in [0.15, 0.2) is 9.84 Å². The number of nitrogens with zero attached hydrogens (tertiary/aromatic N) is 2. The SMILES string of the molecule is CC(C)c1ccc(S(=O)(=O)N(CCCN2CCOCC2)[C@H]2CCS(=O)(=O)C2)cc1. The highest BCUT2D eigenvalue weighted by Gasteiger charge is 2.38. The lowest BCUT2D eigenvalue weighted by Crippen LogP contribution is -2.43. The molecule has 2 heterocycles. The maximum absolute atomic E-state index is 13.4. The minimum absolute atomic E-state index is 0.0550. The molecule has 29 heavy (non-hydrogen) atoms. The lowest BCUT2D eigenvalue weighted by atomic mass is 10.0. The summed E-state index contributed by atoms with van der Waals surface area (Å²) < 4.78 is 57.6. The van der Waals surface area contributed by atoms with E-state index < -0.39 is 25.9 Å². The summed E-state index contributed by atoms with van der Waals surface area (Å²) in [4.78, 5) is 2.49. The molecule has 3 rings (SSSR count). The van der Waals surface area contributed by atoms with Crippen LogP contribution in [0.3, 0.4) is 0 Å². The molecule has 164 valence electrons. The molecule has 0 bridgehead atoms. The Morgan fingerprint density at radius 1 is 1.17 bits per heavy atom. The van der Waals surface area contributed by atoms with Crippen molar-refractivity contribution in [2.75, 3.05) is 50.9 Å². The van der Waals surface area contributed by atoms with Gasteiger partial charge in [0, 0.05) is 25.7 Å². The van der Waals surface area contributed by atoms with Crippen LogP contribution in [0.15, 0.2) is 29.2 Å². The summed E-state index contributed by atoms with van der Waals surface area (Å²) in [7, 11) is -6.93. The third-order valence-corrected chi connectivity index (χ3v) is 9.44. The Kier molecular flexibility index (Phi) is 7.37. The Morgan fingerprint density at radius 2 is 1.83 bits per heavy atom. The third kappa shape index (κ3) is 5.79. The van der Waals surface area contributed by atoms with Crippen LogP contribution in [0.5, 0.6) is 0 Å². The van der Waals surface area contributed by atoms with Crippen LogP contribution in [-0.4, -0.2) is 83.0 Å². The van der Waals surface area contributed by atoms with Crippen LogP contribution in [0.4, 0.5) is 0 Å². The quantitative estimate of drug-likeness (QED) is 0.607. The normalized spacial score (nSPS) is 23.1. The van der Waals surface area contributed by atoms with E-state index in [-0.39, 0.29) is 16.4 Å². The first-order chi connectivity index (χ1) is 13.7. The minimum Gasteiger partial charge on any atom is -0.379 e. The monoisotopic (exact) mass is 444 g/mol. The van der Waals surface area contributed by atoms with E-state index >= 15 is 0 Å². The van der Waals surface area contributed by atoms with Gasteiger partial charge >= 0.3 is 0 Å². The van der Waals surface area contributed by atoms with Gasteiger partial charge in [-0.2, -0.15) is 4.31 Å². The second-order valence-corrected chi connectivity index (χ2v) is 12.3. The Bertz CT molecular complexity index is 876. The number of morpholine rings is 1. The second kappa shape index (κ2) is 9.43. The van der Waals surface area contributed by atoms with Gasteiger partial charge in [0.25, 0.3) is 0 Å². The van der Waals surface area contributed by atoms with Gasteiger partial charge in [-0.05, 0) is 43.0 Å². The van der Waals surface area contributed by atoms with Crippen LogP contribution < -0.4 is 0 Å². The fourth-order valence-corrected chi connectivity index (χ4v) is 7.45. The van der Waals surface area contributed by atoms with E-state index in [4.69, 9.17) is 4.74 Å². The second-order valence-electron chi connectivity index (χ2n) is 8.20. The Labute approximate surface area is 175 Å². The fourth-order valence-electron chi connectivity index (χ4n) is 3.94. The molecule has 9 heteroatoms. The van der Waals surface area contributed by atoms with E-state index in [1.54, 1.807) is 12.1 Å². The Balaban J connectivity index is 1.77. The van der Waals surface area contributed by atoms with E-state index in [0.29, 0.717) is 38.5 Å². The number of hydrogen-bond acceptors (Lipinski definition) is 6. The van der Waals surface area contributed by atoms with Gasteiger partial charge in [0.1, 0.15) is 0 Å². The zero-order valence-electron chi connectivity index (χ0n) is 17.3. The molecule has 0 N–H and O–H groups in total. The minimum atomic E-state index is -3.75. The van der Waals surface area contributed by atoms with E-state index in [0.717, 1.165) is 25.2 Å². The molecular formula is C20H32N2O5S2. The molecule has 0 unspecified atom stereocenters. The maximum atomic E-state index is 13.4. The molecule has 0 spiro atoms. The van der Waals surface area contributed by atoms with Crippen LogP contribution in [0.1, 0.15) is 38.2 Å². The van der Waals surface area contributed by atoms with Gasteiger partial charge in [-0.15, -0.1) is 0 Å². The maximum Gasteiger partial charge on any atom is 0.243 e. The van der Waals surface area contributed by atoms with E-state index in [1.807, 2.05) is 12.1 Å². The van der Waals surface area contributed by atoms with Gasteiger partial charge in [0.05, 0.1) is 29.6 Å². The molecular weight excluding hydrogens is 412 g/mol. The first-order valence-corrected chi connectivity index (χ1v) is 13.6. The third-order valence-electron chi connectivity index (χ3n) is 5.73. The molecule has 2 saturated heterocycles. The van der Waals surface area contributed by atoms with E-state index in [9.17, 15) is 16.8 Å². The van der Waals surface area contributed by atoms with Crippen molar-refractivity contribution in [1.29, 1.82) is 0 Å². The van der Waals surface area contributed by atoms with Gasteiger partial charge in [-0.25, -0.2) is 16.8 Å². The number of rotatable bonds is 8. The number of sulfone groups is 1. The molecule has 1 aromatic rings. The predicted octanol–water partition coefficient (Wildman–Crippen LogP) is 1.71. The Morgan fingerprint density at radius 3 is 2.38 bits per heavy atom. The van der Waals surface area contributed by atoms with Crippen molar-refractivity contribution < 1.29 is 21.6 Å². The number of ether oxygens (including phenoxy) is 1. The molecule has 2 fully saturated rings. The van der Waals surface area contributed by atoms with Gasteiger partial charge < -0.3 is 4.74 Å². The average molecular weight is 445 g/mol. The van der Waals surface area contributed by atoms with Gasteiger partial charge in [-0.3, -0.25) is 4.90 Å². The smallest absolute Gasteiger partial charge is 0.243 e. The fraction of sp³-hybridized carbons (Fsp3) is 0.700. The largest absolute Gasteiger partial charge is 0.379 e. The van der Waals surface area contributed by atoms with Crippen molar-refractivity contribution >= 4 is 19.9 Å².